The van der Waals surface area contributed by atoms with Crippen LogP contribution in [-0.4, -0.2) is 49.3 Å². The van der Waals surface area contributed by atoms with Crippen molar-refractivity contribution in [3.63, 3.8) is 0 Å². The second-order valence-corrected chi connectivity index (χ2v) is 8.40. The van der Waals surface area contributed by atoms with Crippen LogP contribution in [-0.2, 0) is 12.8 Å². The highest BCUT2D eigenvalue weighted by molar-refractivity contribution is 5.52. The Kier molecular flexibility index (Phi) is 4.74. The third-order valence-electron chi connectivity index (χ3n) is 6.22. The van der Waals surface area contributed by atoms with E-state index in [9.17, 15) is 8.78 Å². The van der Waals surface area contributed by atoms with Gasteiger partial charge in [0, 0.05) is 43.6 Å². The number of H-pyrrole nitrogens is 1. The van der Waals surface area contributed by atoms with E-state index >= 15 is 0 Å². The summed E-state index contributed by atoms with van der Waals surface area (Å²) in [5.41, 5.74) is 3.26. The van der Waals surface area contributed by atoms with Gasteiger partial charge in [0.25, 0.3) is 5.89 Å². The molecule has 0 spiro atoms. The van der Waals surface area contributed by atoms with Crippen molar-refractivity contribution < 1.29 is 13.2 Å². The Morgan fingerprint density at radius 1 is 1.03 bits per heavy atom. The lowest BCUT2D eigenvalue weighted by atomic mass is 10.1. The fourth-order valence-corrected chi connectivity index (χ4v) is 4.54. The standard InChI is InChI=1S/C22H20F2N8O/c23-17-5-13-3-16(4-14(13)6-18(17)24)29-21-26-7-15(8-27-21)20-30-31-22(33-20)32-2-1-12(10-32)19-9-25-11-28-19/h5-9,11-12,16H,1-4,10H2,(H,25,28)(H,26,27,29). The summed E-state index contributed by atoms with van der Waals surface area (Å²) in [5.74, 6) is -0.536. The molecule has 1 aliphatic carbocycles. The molecule has 0 amide bonds. The molecule has 9 nitrogen and oxygen atoms in total. The van der Waals surface area contributed by atoms with Crippen LogP contribution in [0.2, 0.25) is 0 Å². The van der Waals surface area contributed by atoms with E-state index in [2.05, 4.69) is 40.3 Å². The monoisotopic (exact) mass is 450 g/mol. The molecule has 1 aromatic carbocycles. The van der Waals surface area contributed by atoms with Crippen LogP contribution in [0.4, 0.5) is 20.7 Å². The van der Waals surface area contributed by atoms with E-state index < -0.39 is 11.6 Å². The van der Waals surface area contributed by atoms with E-state index in [0.717, 1.165) is 36.3 Å². The van der Waals surface area contributed by atoms with E-state index in [1.165, 1.54) is 12.1 Å². The number of anilines is 2. The maximum atomic E-state index is 13.5. The molecule has 4 heterocycles. The lowest BCUT2D eigenvalue weighted by Crippen LogP contribution is -2.20. The van der Waals surface area contributed by atoms with Crippen molar-refractivity contribution in [1.29, 1.82) is 0 Å². The highest BCUT2D eigenvalue weighted by Crippen LogP contribution is 2.31. The first-order valence-electron chi connectivity index (χ1n) is 10.8. The molecule has 0 saturated carbocycles. The summed E-state index contributed by atoms with van der Waals surface area (Å²) in [6, 6.07) is 2.97. The summed E-state index contributed by atoms with van der Waals surface area (Å²) < 4.78 is 32.8. The largest absolute Gasteiger partial charge is 0.403 e. The Bertz CT molecular complexity index is 1240. The number of benzene rings is 1. The Morgan fingerprint density at radius 2 is 1.79 bits per heavy atom. The molecule has 3 aromatic heterocycles. The van der Waals surface area contributed by atoms with Gasteiger partial charge in [0.15, 0.2) is 11.6 Å². The van der Waals surface area contributed by atoms with Crippen LogP contribution in [0.5, 0.6) is 0 Å². The first kappa shape index (κ1) is 19.8. The number of fused-ring (bicyclic) bond motifs is 1. The van der Waals surface area contributed by atoms with Gasteiger partial charge in [-0.25, -0.2) is 23.7 Å². The molecule has 0 radical (unpaired) electrons. The van der Waals surface area contributed by atoms with Crippen LogP contribution in [0.3, 0.4) is 0 Å². The van der Waals surface area contributed by atoms with Gasteiger partial charge in [-0.2, -0.15) is 0 Å². The lowest BCUT2D eigenvalue weighted by Gasteiger charge is -2.12. The number of hydrogen-bond acceptors (Lipinski definition) is 8. The molecule has 1 saturated heterocycles. The fraction of sp³-hybridized carbons (Fsp3) is 0.318. The van der Waals surface area contributed by atoms with Crippen molar-refractivity contribution in [2.24, 2.45) is 0 Å². The van der Waals surface area contributed by atoms with Gasteiger partial charge < -0.3 is 19.6 Å². The minimum Gasteiger partial charge on any atom is -0.403 e. The molecule has 6 rings (SSSR count). The molecular weight excluding hydrogens is 430 g/mol. The zero-order valence-electron chi connectivity index (χ0n) is 17.5. The van der Waals surface area contributed by atoms with Crippen LogP contribution in [0.25, 0.3) is 11.5 Å². The molecule has 1 aliphatic heterocycles. The summed E-state index contributed by atoms with van der Waals surface area (Å²) >= 11 is 0. The summed E-state index contributed by atoms with van der Waals surface area (Å²) in [5, 5.41) is 11.5. The maximum Gasteiger partial charge on any atom is 0.318 e. The van der Waals surface area contributed by atoms with Gasteiger partial charge in [0.05, 0.1) is 17.6 Å². The Balaban J connectivity index is 1.10. The summed E-state index contributed by atoms with van der Waals surface area (Å²) in [7, 11) is 0. The molecule has 2 aliphatic rings. The van der Waals surface area contributed by atoms with E-state index in [1.54, 1.807) is 18.7 Å². The summed E-state index contributed by atoms with van der Waals surface area (Å²) in [6.45, 7) is 1.58. The van der Waals surface area contributed by atoms with Gasteiger partial charge in [-0.1, -0.05) is 5.10 Å². The normalized spacial score (nSPS) is 18.1. The van der Waals surface area contributed by atoms with Crippen LogP contribution in [0, 0.1) is 11.6 Å². The van der Waals surface area contributed by atoms with Gasteiger partial charge in [-0.15, -0.1) is 5.10 Å². The minimum absolute atomic E-state index is 0.0281. The van der Waals surface area contributed by atoms with Crippen molar-refractivity contribution >= 4 is 12.0 Å². The van der Waals surface area contributed by atoms with Crippen molar-refractivity contribution in [2.45, 2.75) is 31.2 Å². The summed E-state index contributed by atoms with van der Waals surface area (Å²) in [6.07, 6.45) is 8.97. The molecule has 0 bridgehead atoms. The quantitative estimate of drug-likeness (QED) is 0.478. The Morgan fingerprint density at radius 3 is 2.48 bits per heavy atom. The van der Waals surface area contributed by atoms with Gasteiger partial charge in [-0.05, 0) is 42.5 Å². The number of imidazole rings is 1. The zero-order chi connectivity index (χ0) is 22.4. The molecule has 1 atom stereocenters. The first-order chi connectivity index (χ1) is 16.1. The number of aromatic amines is 1. The average molecular weight is 450 g/mol. The van der Waals surface area contributed by atoms with Crippen LogP contribution in [0.15, 0.2) is 41.5 Å². The molecule has 33 heavy (non-hydrogen) atoms. The molecular formula is C22H20F2N8O. The highest BCUT2D eigenvalue weighted by atomic mass is 19.2. The van der Waals surface area contributed by atoms with Crippen LogP contribution < -0.4 is 10.2 Å². The van der Waals surface area contributed by atoms with E-state index in [0.29, 0.717) is 42.2 Å². The highest BCUT2D eigenvalue weighted by Gasteiger charge is 2.29. The SMILES string of the molecule is Fc1cc2c(cc1F)CC(Nc1ncc(-c3nnc(N4CCC(c5c[nH]cn5)C4)o3)cn1)C2. The molecule has 1 fully saturated rings. The fourth-order valence-electron chi connectivity index (χ4n) is 4.54. The molecule has 4 aromatic rings. The number of hydrogen-bond donors (Lipinski definition) is 2. The Hall–Kier alpha value is -3.89. The molecule has 2 N–H and O–H groups in total. The molecule has 168 valence electrons. The van der Waals surface area contributed by atoms with Crippen molar-refractivity contribution in [3.05, 3.63) is 65.5 Å². The molecule has 11 heteroatoms. The number of aromatic nitrogens is 6. The average Bonchev–Trinajstić information content (AvgIpc) is 3.60. The van der Waals surface area contributed by atoms with Gasteiger partial charge in [-0.3, -0.25) is 0 Å². The van der Waals surface area contributed by atoms with Crippen LogP contribution >= 0.6 is 0 Å². The van der Waals surface area contributed by atoms with Crippen LogP contribution in [0.1, 0.15) is 29.2 Å². The number of nitrogens with one attached hydrogen (secondary N) is 2. The molecule has 1 unspecified atom stereocenters. The van der Waals surface area contributed by atoms with Crippen molar-refractivity contribution in [3.8, 4) is 11.5 Å². The van der Waals surface area contributed by atoms with Crippen molar-refractivity contribution in [1.82, 2.24) is 30.1 Å². The predicted molar refractivity (Wildman–Crippen MR) is 115 cm³/mol. The third kappa shape index (κ3) is 3.79. The van der Waals surface area contributed by atoms with Crippen molar-refractivity contribution in [2.75, 3.05) is 23.3 Å². The number of halogens is 2. The first-order valence-corrected chi connectivity index (χ1v) is 10.8. The summed E-state index contributed by atoms with van der Waals surface area (Å²) in [4.78, 5) is 18.1. The zero-order valence-corrected chi connectivity index (χ0v) is 17.5. The van der Waals surface area contributed by atoms with E-state index in [-0.39, 0.29) is 6.04 Å². The van der Waals surface area contributed by atoms with Gasteiger partial charge in [0.2, 0.25) is 5.95 Å². The van der Waals surface area contributed by atoms with E-state index in [4.69, 9.17) is 4.42 Å². The topological polar surface area (TPSA) is 109 Å². The maximum absolute atomic E-state index is 13.5. The predicted octanol–water partition coefficient (Wildman–Crippen LogP) is 3.10. The smallest absolute Gasteiger partial charge is 0.318 e. The third-order valence-corrected chi connectivity index (χ3v) is 6.22. The van der Waals surface area contributed by atoms with Gasteiger partial charge in [0.1, 0.15) is 0 Å². The lowest BCUT2D eigenvalue weighted by molar-refractivity contribution is 0.507. The second kappa shape index (κ2) is 7.91. The second-order valence-electron chi connectivity index (χ2n) is 8.40. The van der Waals surface area contributed by atoms with Gasteiger partial charge >= 0.3 is 6.01 Å². The minimum atomic E-state index is -0.820. The van der Waals surface area contributed by atoms with E-state index in [1.807, 2.05) is 6.20 Å². The Labute approximate surface area is 187 Å². The number of nitrogens with zero attached hydrogens (tertiary/aromatic N) is 6. The number of rotatable bonds is 5.